The largest absolute Gasteiger partial charge is 0.312 e. The van der Waals surface area contributed by atoms with E-state index in [-0.39, 0.29) is 17.3 Å². The van der Waals surface area contributed by atoms with Crippen LogP contribution in [0.25, 0.3) is 0 Å². The van der Waals surface area contributed by atoms with Gasteiger partial charge in [-0.25, -0.2) is 8.42 Å². The highest BCUT2D eigenvalue weighted by molar-refractivity contribution is 7.92. The van der Waals surface area contributed by atoms with Crippen LogP contribution in [0, 0.1) is 0 Å². The van der Waals surface area contributed by atoms with E-state index in [1.165, 1.54) is 4.90 Å². The number of rotatable bonds is 4. The summed E-state index contributed by atoms with van der Waals surface area (Å²) in [7, 11) is -3.79. The molecule has 2 aromatic rings. The van der Waals surface area contributed by atoms with Gasteiger partial charge in [0.2, 0.25) is 15.7 Å². The standard InChI is InChI=1S/C23H29N3O3S/c1-17-15-25(14-13-24-17)16-21(27)26-20-12-8-7-11-19(20)23(2,3)22(26)30(28,29)18-9-5-4-6-10-18/h4-12,17,22,24H,13-16H2,1-3H3. The first-order valence-corrected chi connectivity index (χ1v) is 11.9. The molecule has 2 aromatic carbocycles. The summed E-state index contributed by atoms with van der Waals surface area (Å²) in [6.45, 7) is 8.48. The number of carbonyl (C=O) groups excluding carboxylic acids is 1. The molecule has 7 heteroatoms. The number of piperazine rings is 1. The number of sulfone groups is 1. The number of nitrogens with one attached hydrogen (secondary N) is 1. The molecule has 1 N–H and O–H groups in total. The topological polar surface area (TPSA) is 69.7 Å². The number of benzene rings is 2. The zero-order valence-corrected chi connectivity index (χ0v) is 18.5. The smallest absolute Gasteiger partial charge is 0.242 e. The van der Waals surface area contributed by atoms with Crippen molar-refractivity contribution in [2.24, 2.45) is 0 Å². The number of nitrogens with zero attached hydrogens (tertiary/aromatic N) is 2. The van der Waals surface area contributed by atoms with Gasteiger partial charge in [0, 0.05) is 36.8 Å². The molecule has 0 aliphatic carbocycles. The number of amides is 1. The Morgan fingerprint density at radius 2 is 1.77 bits per heavy atom. The summed E-state index contributed by atoms with van der Waals surface area (Å²) in [4.78, 5) is 17.4. The first-order chi connectivity index (χ1) is 14.2. The Bertz CT molecular complexity index is 1040. The van der Waals surface area contributed by atoms with Crippen LogP contribution in [-0.4, -0.2) is 56.8 Å². The van der Waals surface area contributed by atoms with E-state index in [0.717, 1.165) is 25.2 Å². The molecule has 1 saturated heterocycles. The molecular weight excluding hydrogens is 398 g/mol. The average molecular weight is 428 g/mol. The third-order valence-corrected chi connectivity index (χ3v) is 8.47. The van der Waals surface area contributed by atoms with Gasteiger partial charge in [-0.2, -0.15) is 0 Å². The third kappa shape index (κ3) is 3.55. The van der Waals surface area contributed by atoms with Gasteiger partial charge in [0.15, 0.2) is 5.37 Å². The molecule has 1 amide bonds. The van der Waals surface area contributed by atoms with Crippen LogP contribution >= 0.6 is 0 Å². The molecule has 0 aromatic heterocycles. The minimum atomic E-state index is -3.79. The molecule has 2 heterocycles. The van der Waals surface area contributed by atoms with E-state index in [4.69, 9.17) is 0 Å². The minimum absolute atomic E-state index is 0.174. The number of fused-ring (bicyclic) bond motifs is 1. The predicted octanol–water partition coefficient (Wildman–Crippen LogP) is 2.40. The van der Waals surface area contributed by atoms with Crippen molar-refractivity contribution >= 4 is 21.4 Å². The van der Waals surface area contributed by atoms with Crippen molar-refractivity contribution in [3.8, 4) is 0 Å². The van der Waals surface area contributed by atoms with Gasteiger partial charge in [0.1, 0.15) is 0 Å². The van der Waals surface area contributed by atoms with Crippen molar-refractivity contribution in [1.82, 2.24) is 10.2 Å². The average Bonchev–Trinajstić information content (AvgIpc) is 2.97. The van der Waals surface area contributed by atoms with Gasteiger partial charge < -0.3 is 5.32 Å². The molecule has 1 fully saturated rings. The quantitative estimate of drug-likeness (QED) is 0.812. The second-order valence-corrected chi connectivity index (χ2v) is 10.8. The van der Waals surface area contributed by atoms with Gasteiger partial charge in [-0.15, -0.1) is 0 Å². The van der Waals surface area contributed by atoms with Crippen molar-refractivity contribution in [2.75, 3.05) is 31.1 Å². The lowest BCUT2D eigenvalue weighted by Crippen LogP contribution is -2.55. The van der Waals surface area contributed by atoms with E-state index in [1.54, 1.807) is 30.3 Å². The number of hydrogen-bond donors (Lipinski definition) is 1. The second-order valence-electron chi connectivity index (χ2n) is 8.80. The van der Waals surface area contributed by atoms with Crippen LogP contribution < -0.4 is 10.2 Å². The Hall–Kier alpha value is -2.22. The zero-order valence-electron chi connectivity index (χ0n) is 17.7. The molecule has 2 aliphatic heterocycles. The first-order valence-electron chi connectivity index (χ1n) is 10.4. The highest BCUT2D eigenvalue weighted by atomic mass is 32.2. The summed E-state index contributed by atoms with van der Waals surface area (Å²) in [5.74, 6) is -0.174. The second kappa shape index (κ2) is 7.80. The van der Waals surface area contributed by atoms with E-state index in [0.29, 0.717) is 11.7 Å². The lowest BCUT2D eigenvalue weighted by Gasteiger charge is -2.36. The molecule has 0 saturated carbocycles. The predicted molar refractivity (Wildman–Crippen MR) is 118 cm³/mol. The number of para-hydroxylation sites is 1. The zero-order chi connectivity index (χ0) is 21.5. The van der Waals surface area contributed by atoms with Crippen LogP contribution in [0.5, 0.6) is 0 Å². The lowest BCUT2D eigenvalue weighted by molar-refractivity contribution is -0.120. The molecule has 160 valence electrons. The molecule has 2 aliphatic rings. The fraction of sp³-hybridized carbons (Fsp3) is 0.435. The van der Waals surface area contributed by atoms with Crippen molar-refractivity contribution in [3.63, 3.8) is 0 Å². The van der Waals surface area contributed by atoms with Gasteiger partial charge in [0.25, 0.3) is 0 Å². The first kappa shape index (κ1) is 21.0. The SMILES string of the molecule is CC1CN(CC(=O)N2c3ccccc3C(C)(C)C2S(=O)(=O)c2ccccc2)CCN1. The molecule has 0 spiro atoms. The van der Waals surface area contributed by atoms with Crippen LogP contribution in [-0.2, 0) is 20.0 Å². The van der Waals surface area contributed by atoms with Crippen LogP contribution in [0.2, 0.25) is 0 Å². The maximum absolute atomic E-state index is 13.8. The van der Waals surface area contributed by atoms with Gasteiger partial charge >= 0.3 is 0 Å². The van der Waals surface area contributed by atoms with Crippen LogP contribution in [0.1, 0.15) is 26.3 Å². The Labute approximate surface area is 178 Å². The van der Waals surface area contributed by atoms with Gasteiger partial charge in [-0.1, -0.05) is 50.2 Å². The lowest BCUT2D eigenvalue weighted by atomic mass is 9.87. The Morgan fingerprint density at radius 3 is 2.47 bits per heavy atom. The molecule has 0 radical (unpaired) electrons. The Kier molecular flexibility index (Phi) is 5.46. The Morgan fingerprint density at radius 1 is 1.10 bits per heavy atom. The minimum Gasteiger partial charge on any atom is -0.312 e. The molecular formula is C23H29N3O3S. The van der Waals surface area contributed by atoms with Gasteiger partial charge in [-0.05, 0) is 30.7 Å². The fourth-order valence-electron chi connectivity index (χ4n) is 4.76. The van der Waals surface area contributed by atoms with E-state index >= 15 is 0 Å². The van der Waals surface area contributed by atoms with Gasteiger partial charge in [-0.3, -0.25) is 14.6 Å². The molecule has 2 unspecified atom stereocenters. The number of carbonyl (C=O) groups is 1. The van der Waals surface area contributed by atoms with E-state index < -0.39 is 20.6 Å². The normalized spacial score (nSPS) is 23.9. The highest BCUT2D eigenvalue weighted by Gasteiger charge is 2.54. The van der Waals surface area contributed by atoms with E-state index in [1.807, 2.05) is 38.1 Å². The molecule has 4 rings (SSSR count). The van der Waals surface area contributed by atoms with E-state index in [2.05, 4.69) is 17.1 Å². The van der Waals surface area contributed by atoms with Crippen molar-refractivity contribution in [3.05, 3.63) is 60.2 Å². The van der Waals surface area contributed by atoms with Crippen molar-refractivity contribution in [2.45, 2.75) is 42.5 Å². The number of hydrogen-bond acceptors (Lipinski definition) is 5. The van der Waals surface area contributed by atoms with Gasteiger partial charge in [0.05, 0.1) is 11.4 Å². The summed E-state index contributed by atoms with van der Waals surface area (Å²) in [5, 5.41) is 2.39. The van der Waals surface area contributed by atoms with E-state index in [9.17, 15) is 13.2 Å². The maximum Gasteiger partial charge on any atom is 0.242 e. The summed E-state index contributed by atoms with van der Waals surface area (Å²) in [6.07, 6.45) is 0. The summed E-state index contributed by atoms with van der Waals surface area (Å²) in [6, 6.07) is 16.3. The summed E-state index contributed by atoms with van der Waals surface area (Å²) >= 11 is 0. The van der Waals surface area contributed by atoms with Crippen LogP contribution in [0.15, 0.2) is 59.5 Å². The highest BCUT2D eigenvalue weighted by Crippen LogP contribution is 2.48. The molecule has 2 atom stereocenters. The van der Waals surface area contributed by atoms with Crippen LogP contribution in [0.4, 0.5) is 5.69 Å². The molecule has 6 nitrogen and oxygen atoms in total. The summed E-state index contributed by atoms with van der Waals surface area (Å²) < 4.78 is 27.5. The Balaban J connectivity index is 1.76. The summed E-state index contributed by atoms with van der Waals surface area (Å²) in [5.41, 5.74) is 0.842. The molecule has 30 heavy (non-hydrogen) atoms. The van der Waals surface area contributed by atoms with Crippen molar-refractivity contribution < 1.29 is 13.2 Å². The maximum atomic E-state index is 13.8. The number of anilines is 1. The van der Waals surface area contributed by atoms with Crippen molar-refractivity contribution in [1.29, 1.82) is 0 Å². The third-order valence-electron chi connectivity index (χ3n) is 6.16. The van der Waals surface area contributed by atoms with Crippen LogP contribution in [0.3, 0.4) is 0 Å². The monoisotopic (exact) mass is 427 g/mol. The fourth-order valence-corrected chi connectivity index (χ4v) is 6.97. The molecule has 0 bridgehead atoms.